The average molecular weight is 674 g/mol. The number of rotatable bonds is 18. The zero-order chi connectivity index (χ0) is 35.3. The van der Waals surface area contributed by atoms with Crippen molar-refractivity contribution in [2.75, 3.05) is 19.8 Å². The third-order valence-corrected chi connectivity index (χ3v) is 10.1. The molecule has 1 aliphatic rings. The zero-order valence-electron chi connectivity index (χ0n) is 30.8. The van der Waals surface area contributed by atoms with Gasteiger partial charge in [0.05, 0.1) is 12.3 Å². The average Bonchev–Trinajstić information content (AvgIpc) is 3.47. The van der Waals surface area contributed by atoms with Gasteiger partial charge in [-0.25, -0.2) is 4.68 Å². The maximum absolute atomic E-state index is 12.7. The summed E-state index contributed by atoms with van der Waals surface area (Å²) < 4.78 is 14.0. The van der Waals surface area contributed by atoms with E-state index in [0.717, 1.165) is 86.9 Å². The highest BCUT2D eigenvalue weighted by Crippen LogP contribution is 2.30. The Balaban J connectivity index is 1.21. The zero-order valence-corrected chi connectivity index (χ0v) is 30.8. The Hall–Kier alpha value is -3.72. The molecule has 4 rings (SSSR count). The number of carbonyl (C=O) groups is 2. The minimum Gasteiger partial charge on any atom is -0.494 e. The Labute approximate surface area is 293 Å². The van der Waals surface area contributed by atoms with Crippen LogP contribution in [0.1, 0.15) is 132 Å². The second kappa shape index (κ2) is 18.3. The molecular formula is C40H59N5O4. The first-order valence-electron chi connectivity index (χ1n) is 18.4. The molecular weight excluding hydrogens is 614 g/mol. The van der Waals surface area contributed by atoms with Crippen molar-refractivity contribution >= 4 is 11.8 Å². The summed E-state index contributed by atoms with van der Waals surface area (Å²) in [6.07, 6.45) is 9.60. The van der Waals surface area contributed by atoms with Gasteiger partial charge in [0.1, 0.15) is 24.2 Å². The molecule has 3 aromatic rings. The van der Waals surface area contributed by atoms with E-state index in [0.29, 0.717) is 31.8 Å². The van der Waals surface area contributed by atoms with E-state index in [1.165, 1.54) is 5.56 Å². The van der Waals surface area contributed by atoms with E-state index in [1.807, 2.05) is 28.9 Å². The van der Waals surface area contributed by atoms with Crippen LogP contribution in [-0.2, 0) is 35.5 Å². The maximum atomic E-state index is 12.7. The van der Waals surface area contributed by atoms with Gasteiger partial charge in [-0.1, -0.05) is 96.7 Å². The number of carbonyl (C=O) groups excluding carboxylic acids is 2. The number of nitrogens with one attached hydrogen (secondary N) is 2. The van der Waals surface area contributed by atoms with Gasteiger partial charge in [-0.05, 0) is 84.7 Å². The van der Waals surface area contributed by atoms with Crippen molar-refractivity contribution in [1.82, 2.24) is 25.6 Å². The number of ether oxygens (including phenoxy) is 2. The lowest BCUT2D eigenvalue weighted by atomic mass is 9.83. The second-order valence-electron chi connectivity index (χ2n) is 15.1. The molecule has 1 unspecified atom stereocenters. The highest BCUT2D eigenvalue weighted by molar-refractivity contribution is 5.94. The van der Waals surface area contributed by atoms with Crippen LogP contribution < -0.4 is 15.4 Å². The predicted octanol–water partition coefficient (Wildman–Crippen LogP) is 7.77. The normalized spacial score (nSPS) is 15.2. The lowest BCUT2D eigenvalue weighted by Crippen LogP contribution is -2.28. The van der Waals surface area contributed by atoms with Crippen molar-refractivity contribution in [3.63, 3.8) is 0 Å². The monoisotopic (exact) mass is 673 g/mol. The molecule has 2 aromatic carbocycles. The van der Waals surface area contributed by atoms with Crippen LogP contribution >= 0.6 is 0 Å². The quantitative estimate of drug-likeness (QED) is 0.134. The van der Waals surface area contributed by atoms with Gasteiger partial charge in [-0.2, -0.15) is 0 Å². The summed E-state index contributed by atoms with van der Waals surface area (Å²) in [7, 11) is 0. The molecule has 0 saturated heterocycles. The minimum atomic E-state index is -0.263. The van der Waals surface area contributed by atoms with Crippen molar-refractivity contribution in [2.24, 2.45) is 10.8 Å². The van der Waals surface area contributed by atoms with Gasteiger partial charge in [0.15, 0.2) is 0 Å². The van der Waals surface area contributed by atoms with Crippen LogP contribution in [0.3, 0.4) is 0 Å². The van der Waals surface area contributed by atoms with Crippen LogP contribution in [0.4, 0.5) is 0 Å². The highest BCUT2D eigenvalue weighted by atomic mass is 16.5. The molecule has 49 heavy (non-hydrogen) atoms. The van der Waals surface area contributed by atoms with Gasteiger partial charge in [-0.3, -0.25) is 9.59 Å². The fraction of sp³-hybridized carbons (Fsp3) is 0.600. The van der Waals surface area contributed by atoms with E-state index in [4.69, 9.17) is 9.47 Å². The summed E-state index contributed by atoms with van der Waals surface area (Å²) >= 11 is 0. The van der Waals surface area contributed by atoms with Crippen LogP contribution in [0, 0.1) is 10.8 Å². The Kier molecular flexibility index (Phi) is 14.2. The van der Waals surface area contributed by atoms with E-state index >= 15 is 0 Å². The molecule has 9 heteroatoms. The molecule has 0 fully saturated rings. The summed E-state index contributed by atoms with van der Waals surface area (Å²) in [4.78, 5) is 25.5. The third-order valence-electron chi connectivity index (χ3n) is 10.1. The molecule has 0 saturated carbocycles. The van der Waals surface area contributed by atoms with E-state index in [9.17, 15) is 9.59 Å². The molecule has 0 radical (unpaired) electrons. The molecule has 1 atom stereocenters. The Morgan fingerprint density at radius 3 is 2.33 bits per heavy atom. The number of aryl methyl sites for hydroxylation is 1. The van der Waals surface area contributed by atoms with Crippen LogP contribution in [0.15, 0.2) is 48.5 Å². The first-order chi connectivity index (χ1) is 23.5. The molecule has 0 bridgehead atoms. The molecule has 0 aliphatic heterocycles. The Morgan fingerprint density at radius 2 is 1.61 bits per heavy atom. The molecule has 268 valence electrons. The van der Waals surface area contributed by atoms with Crippen LogP contribution in [0.5, 0.6) is 5.75 Å². The van der Waals surface area contributed by atoms with E-state index in [1.54, 1.807) is 0 Å². The molecule has 0 spiro atoms. The molecule has 9 nitrogen and oxygen atoms in total. The molecule has 1 aliphatic carbocycles. The Bertz CT molecular complexity index is 1460. The van der Waals surface area contributed by atoms with Gasteiger partial charge in [0.2, 0.25) is 5.91 Å². The maximum Gasteiger partial charge on any atom is 0.251 e. The second-order valence-corrected chi connectivity index (χ2v) is 15.1. The standard InChI is InChI=1S/C40H59N5O4/c1-7-39(3,4)23-26-48-33-21-19-32(20-22-33)38(47)41-24-12-25-45-34-13-10-9-11-14-35(37(34)43-44-45)49-29-36(46)42-28-31-17-15-30(16-18-31)27-40(5,6)8-2/h15-22,35H,7-14,23-29H2,1-6H3,(H,41,47)(H,42,46). The predicted molar refractivity (Wildman–Crippen MR) is 195 cm³/mol. The van der Waals surface area contributed by atoms with Gasteiger partial charge in [0, 0.05) is 25.2 Å². The summed E-state index contributed by atoms with van der Waals surface area (Å²) in [6, 6.07) is 15.8. The third kappa shape index (κ3) is 12.3. The number of nitrogens with zero attached hydrogens (tertiary/aromatic N) is 3. The lowest BCUT2D eigenvalue weighted by Gasteiger charge is -2.22. The lowest BCUT2D eigenvalue weighted by molar-refractivity contribution is -0.128. The number of hydrogen-bond acceptors (Lipinski definition) is 6. The number of amides is 2. The Morgan fingerprint density at radius 1 is 0.898 bits per heavy atom. The molecule has 2 N–H and O–H groups in total. The largest absolute Gasteiger partial charge is 0.494 e. The number of hydrogen-bond donors (Lipinski definition) is 2. The fourth-order valence-electron chi connectivity index (χ4n) is 5.87. The summed E-state index contributed by atoms with van der Waals surface area (Å²) in [5.74, 6) is 0.537. The fourth-order valence-corrected chi connectivity index (χ4v) is 5.87. The van der Waals surface area contributed by atoms with Crippen molar-refractivity contribution in [1.29, 1.82) is 0 Å². The number of aromatic nitrogens is 3. The summed E-state index contributed by atoms with van der Waals surface area (Å²) in [5.41, 5.74) is 5.45. The number of fused-ring (bicyclic) bond motifs is 1. The molecule has 1 heterocycles. The molecule has 2 amide bonds. The van der Waals surface area contributed by atoms with E-state index in [2.05, 4.69) is 86.8 Å². The van der Waals surface area contributed by atoms with Crippen LogP contribution in [0.25, 0.3) is 0 Å². The summed E-state index contributed by atoms with van der Waals surface area (Å²) in [6.45, 7) is 15.8. The van der Waals surface area contributed by atoms with Crippen molar-refractivity contribution in [3.05, 3.63) is 76.6 Å². The van der Waals surface area contributed by atoms with Crippen LogP contribution in [-0.4, -0.2) is 46.6 Å². The highest BCUT2D eigenvalue weighted by Gasteiger charge is 2.25. The van der Waals surface area contributed by atoms with Crippen molar-refractivity contribution in [2.45, 2.75) is 125 Å². The number of benzene rings is 2. The van der Waals surface area contributed by atoms with Crippen molar-refractivity contribution in [3.8, 4) is 5.75 Å². The van der Waals surface area contributed by atoms with Gasteiger partial charge >= 0.3 is 0 Å². The van der Waals surface area contributed by atoms with Crippen LogP contribution in [0.2, 0.25) is 0 Å². The smallest absolute Gasteiger partial charge is 0.251 e. The SMILES string of the molecule is CCC(C)(C)CCOc1ccc(C(=O)NCCCn2nnc3c2CCCCCC3OCC(=O)NCc2ccc(CC(C)(C)CC)cc2)cc1. The minimum absolute atomic E-state index is 0.0179. The summed E-state index contributed by atoms with van der Waals surface area (Å²) in [5, 5.41) is 15.0. The van der Waals surface area contributed by atoms with Gasteiger partial charge in [0.25, 0.3) is 5.91 Å². The van der Waals surface area contributed by atoms with E-state index < -0.39 is 0 Å². The van der Waals surface area contributed by atoms with E-state index in [-0.39, 0.29) is 35.4 Å². The van der Waals surface area contributed by atoms with Gasteiger partial charge < -0.3 is 20.1 Å². The molecule has 1 aromatic heterocycles. The van der Waals surface area contributed by atoms with Gasteiger partial charge in [-0.15, -0.1) is 5.10 Å². The first-order valence-corrected chi connectivity index (χ1v) is 18.4. The van der Waals surface area contributed by atoms with Crippen molar-refractivity contribution < 1.29 is 19.1 Å². The topological polar surface area (TPSA) is 107 Å². The first kappa shape index (κ1) is 38.1.